The van der Waals surface area contributed by atoms with Crippen molar-refractivity contribution in [2.45, 2.75) is 38.1 Å². The molecule has 158 valence electrons. The fourth-order valence-corrected chi connectivity index (χ4v) is 4.33. The van der Waals surface area contributed by atoms with Crippen molar-refractivity contribution in [2.75, 3.05) is 19.6 Å². The Balaban J connectivity index is 0.00000218. The molecule has 1 aliphatic heterocycles. The number of fused-ring (bicyclic) bond motifs is 2. The minimum Gasteiger partial charge on any atom is -0.356 e. The van der Waals surface area contributed by atoms with Crippen LogP contribution in [0.4, 0.5) is 4.39 Å². The van der Waals surface area contributed by atoms with E-state index in [1.807, 2.05) is 22.9 Å². The number of likely N-dealkylation sites (tertiary alicyclic amines) is 1. The Bertz CT molecular complexity index is 1120. The summed E-state index contributed by atoms with van der Waals surface area (Å²) in [5, 5.41) is 13.7. The molecular formula is C22H25ClFN5O. The zero-order valence-electron chi connectivity index (χ0n) is 16.7. The highest BCUT2D eigenvalue weighted by Gasteiger charge is 2.24. The molecular weight excluding hydrogens is 405 g/mol. The topological polar surface area (TPSA) is 60.0 Å². The molecule has 2 aromatic carbocycles. The quantitative estimate of drug-likeness (QED) is 0.412. The van der Waals surface area contributed by atoms with Crippen molar-refractivity contribution in [2.24, 2.45) is 0 Å². The summed E-state index contributed by atoms with van der Waals surface area (Å²) in [5.41, 5.74) is 3.59. The van der Waals surface area contributed by atoms with Gasteiger partial charge in [0.25, 0.3) is 0 Å². The second-order valence-corrected chi connectivity index (χ2v) is 7.83. The first-order valence-corrected chi connectivity index (χ1v) is 10.3. The van der Waals surface area contributed by atoms with Crippen molar-refractivity contribution in [3.8, 4) is 0 Å². The van der Waals surface area contributed by atoms with E-state index >= 15 is 0 Å². The molecule has 0 amide bonds. The molecule has 1 saturated heterocycles. The lowest BCUT2D eigenvalue weighted by molar-refractivity contribution is 0.204. The van der Waals surface area contributed by atoms with Crippen LogP contribution < -0.4 is 0 Å². The minimum absolute atomic E-state index is 0. The van der Waals surface area contributed by atoms with Gasteiger partial charge in [-0.15, -0.1) is 17.5 Å². The number of hydrogen-bond donors (Lipinski definition) is 0. The third-order valence-corrected chi connectivity index (χ3v) is 5.95. The molecule has 0 atom stereocenters. The number of benzene rings is 2. The summed E-state index contributed by atoms with van der Waals surface area (Å²) < 4.78 is 20.7. The van der Waals surface area contributed by atoms with Crippen molar-refractivity contribution in [1.82, 2.24) is 25.1 Å². The lowest BCUT2D eigenvalue weighted by Crippen LogP contribution is -2.33. The number of rotatable bonds is 6. The highest BCUT2D eigenvalue weighted by molar-refractivity contribution is 5.85. The van der Waals surface area contributed by atoms with Crippen LogP contribution in [0.5, 0.6) is 0 Å². The summed E-state index contributed by atoms with van der Waals surface area (Å²) in [7, 11) is 0. The molecule has 0 radical (unpaired) electrons. The van der Waals surface area contributed by atoms with Crippen LogP contribution in [-0.2, 0) is 6.54 Å². The van der Waals surface area contributed by atoms with E-state index in [4.69, 9.17) is 4.52 Å². The van der Waals surface area contributed by atoms with Gasteiger partial charge < -0.3 is 9.42 Å². The van der Waals surface area contributed by atoms with Gasteiger partial charge in [0.2, 0.25) is 0 Å². The van der Waals surface area contributed by atoms with Gasteiger partial charge in [-0.1, -0.05) is 22.5 Å². The van der Waals surface area contributed by atoms with Crippen molar-refractivity contribution in [3.05, 3.63) is 54.0 Å². The lowest BCUT2D eigenvalue weighted by Gasteiger charge is -2.31. The van der Waals surface area contributed by atoms with E-state index in [1.165, 1.54) is 12.1 Å². The summed E-state index contributed by atoms with van der Waals surface area (Å²) in [6, 6.07) is 12.8. The first-order chi connectivity index (χ1) is 14.3. The van der Waals surface area contributed by atoms with Gasteiger partial charge in [0.05, 0.1) is 11.2 Å². The lowest BCUT2D eigenvalue weighted by atomic mass is 9.91. The summed E-state index contributed by atoms with van der Waals surface area (Å²) in [5.74, 6) is 0.105. The number of nitrogens with zero attached hydrogens (tertiary/aromatic N) is 5. The SMILES string of the molecule is Cl.Fc1ccc2c(C3CCN(CCCCn4nnc5ccccc54)CC3)noc2c1. The van der Waals surface area contributed by atoms with Crippen LogP contribution in [0.25, 0.3) is 22.0 Å². The monoisotopic (exact) mass is 429 g/mol. The van der Waals surface area contributed by atoms with Gasteiger partial charge >= 0.3 is 0 Å². The van der Waals surface area contributed by atoms with Crippen LogP contribution >= 0.6 is 12.4 Å². The summed E-state index contributed by atoms with van der Waals surface area (Å²) >= 11 is 0. The largest absolute Gasteiger partial charge is 0.356 e. The van der Waals surface area contributed by atoms with Gasteiger partial charge in [0.1, 0.15) is 11.3 Å². The Labute approximate surface area is 180 Å². The van der Waals surface area contributed by atoms with Gasteiger partial charge in [-0.2, -0.15) is 0 Å². The third-order valence-electron chi connectivity index (χ3n) is 5.95. The van der Waals surface area contributed by atoms with Crippen molar-refractivity contribution >= 4 is 34.4 Å². The molecule has 0 aliphatic carbocycles. The summed E-state index contributed by atoms with van der Waals surface area (Å²) in [6.45, 7) is 4.13. The Morgan fingerprint density at radius 2 is 1.83 bits per heavy atom. The van der Waals surface area contributed by atoms with Crippen LogP contribution in [0.3, 0.4) is 0 Å². The number of para-hydroxylation sites is 1. The molecule has 0 saturated carbocycles. The Morgan fingerprint density at radius 1 is 1.03 bits per heavy atom. The average Bonchev–Trinajstić information content (AvgIpc) is 3.35. The number of halogens is 2. The van der Waals surface area contributed by atoms with E-state index < -0.39 is 0 Å². The molecule has 1 fully saturated rings. The fraction of sp³-hybridized carbons (Fsp3) is 0.409. The van der Waals surface area contributed by atoms with E-state index in [9.17, 15) is 4.39 Å². The first kappa shape index (κ1) is 20.8. The maximum absolute atomic E-state index is 13.4. The van der Waals surface area contributed by atoms with Gasteiger partial charge in [0.15, 0.2) is 5.58 Å². The number of aryl methyl sites for hydroxylation is 1. The first-order valence-electron chi connectivity index (χ1n) is 10.3. The number of aromatic nitrogens is 4. The minimum atomic E-state index is -0.283. The maximum atomic E-state index is 13.4. The smallest absolute Gasteiger partial charge is 0.170 e. The summed E-state index contributed by atoms with van der Waals surface area (Å²) in [4.78, 5) is 2.53. The predicted molar refractivity (Wildman–Crippen MR) is 116 cm³/mol. The molecule has 0 spiro atoms. The zero-order valence-corrected chi connectivity index (χ0v) is 17.5. The van der Waals surface area contributed by atoms with E-state index in [0.29, 0.717) is 11.5 Å². The molecule has 2 aromatic heterocycles. The number of hydrogen-bond acceptors (Lipinski definition) is 5. The second kappa shape index (κ2) is 9.10. The Hall–Kier alpha value is -2.51. The highest BCUT2D eigenvalue weighted by atomic mass is 35.5. The van der Waals surface area contributed by atoms with E-state index in [2.05, 4.69) is 26.4 Å². The molecule has 5 rings (SSSR count). The van der Waals surface area contributed by atoms with Gasteiger partial charge in [-0.05, 0) is 69.6 Å². The molecule has 0 N–H and O–H groups in total. The van der Waals surface area contributed by atoms with Crippen molar-refractivity contribution in [3.63, 3.8) is 0 Å². The average molecular weight is 430 g/mol. The van der Waals surface area contributed by atoms with Crippen LogP contribution in [0.2, 0.25) is 0 Å². The fourth-order valence-electron chi connectivity index (χ4n) is 4.33. The number of unbranched alkanes of at least 4 members (excludes halogenated alkanes) is 1. The van der Waals surface area contributed by atoms with Gasteiger partial charge in [-0.3, -0.25) is 0 Å². The van der Waals surface area contributed by atoms with Crippen molar-refractivity contribution in [1.29, 1.82) is 0 Å². The molecule has 1 aliphatic rings. The number of piperidine rings is 1. The second-order valence-electron chi connectivity index (χ2n) is 7.83. The highest BCUT2D eigenvalue weighted by Crippen LogP contribution is 2.32. The van der Waals surface area contributed by atoms with Gasteiger partial charge in [0, 0.05) is 23.9 Å². The molecule has 3 heterocycles. The van der Waals surface area contributed by atoms with Crippen LogP contribution in [0.15, 0.2) is 47.0 Å². The normalized spacial score (nSPS) is 15.6. The standard InChI is InChI=1S/C22H24FN5O.ClH/c23-17-7-8-18-21(15-17)29-25-22(18)16-9-13-27(14-10-16)11-3-4-12-28-20-6-2-1-5-19(20)24-26-28;/h1-2,5-8,15-16H,3-4,9-14H2;1H. The van der Waals surface area contributed by atoms with E-state index in [0.717, 1.165) is 74.0 Å². The Kier molecular flexibility index (Phi) is 6.29. The van der Waals surface area contributed by atoms with E-state index in [1.54, 1.807) is 6.07 Å². The third kappa shape index (κ3) is 4.18. The van der Waals surface area contributed by atoms with Gasteiger partial charge in [-0.25, -0.2) is 9.07 Å². The van der Waals surface area contributed by atoms with Crippen LogP contribution in [-0.4, -0.2) is 44.7 Å². The molecule has 4 aromatic rings. The van der Waals surface area contributed by atoms with Crippen molar-refractivity contribution < 1.29 is 8.91 Å². The van der Waals surface area contributed by atoms with Crippen LogP contribution in [0.1, 0.15) is 37.3 Å². The zero-order chi connectivity index (χ0) is 19.6. The maximum Gasteiger partial charge on any atom is 0.170 e. The van der Waals surface area contributed by atoms with E-state index in [-0.39, 0.29) is 18.2 Å². The molecule has 0 bridgehead atoms. The summed E-state index contributed by atoms with van der Waals surface area (Å²) in [6.07, 6.45) is 4.36. The molecule has 8 heteroatoms. The van der Waals surface area contributed by atoms with Crippen LogP contribution in [0, 0.1) is 5.82 Å². The predicted octanol–water partition coefficient (Wildman–Crippen LogP) is 4.79. The molecule has 0 unspecified atom stereocenters. The molecule has 30 heavy (non-hydrogen) atoms. The Morgan fingerprint density at radius 3 is 2.70 bits per heavy atom. The molecule has 6 nitrogen and oxygen atoms in total.